The second kappa shape index (κ2) is 4.93. The molecule has 0 spiro atoms. The Balaban J connectivity index is 1.74. The fraction of sp³-hybridized carbons (Fsp3) is 0.625. The molecule has 2 fully saturated rings. The molecule has 2 heteroatoms. The topological polar surface area (TPSA) is 21.3 Å². The van der Waals surface area contributed by atoms with Gasteiger partial charge in [0.2, 0.25) is 0 Å². The van der Waals surface area contributed by atoms with Crippen molar-refractivity contribution in [3.8, 4) is 5.75 Å². The fourth-order valence-corrected chi connectivity index (χ4v) is 3.62. The Kier molecular flexibility index (Phi) is 3.29. The Labute approximate surface area is 110 Å². The molecule has 3 atom stereocenters. The first-order valence-electron chi connectivity index (χ1n) is 7.19. The molecular weight excluding hydrogens is 222 g/mol. The molecule has 1 N–H and O–H groups in total. The van der Waals surface area contributed by atoms with E-state index in [2.05, 4.69) is 36.5 Å². The van der Waals surface area contributed by atoms with Gasteiger partial charge < -0.3 is 10.1 Å². The zero-order chi connectivity index (χ0) is 12.5. The molecule has 0 heterocycles. The first-order valence-corrected chi connectivity index (χ1v) is 7.19. The first kappa shape index (κ1) is 12.0. The maximum atomic E-state index is 5.24. The Morgan fingerprint density at radius 1 is 1.17 bits per heavy atom. The zero-order valence-electron chi connectivity index (χ0n) is 11.4. The molecule has 2 aliphatic carbocycles. The van der Waals surface area contributed by atoms with Crippen LogP contribution in [0.3, 0.4) is 0 Å². The largest absolute Gasteiger partial charge is 0.497 e. The lowest BCUT2D eigenvalue weighted by Crippen LogP contribution is -2.27. The monoisotopic (exact) mass is 245 g/mol. The van der Waals surface area contributed by atoms with Crippen LogP contribution in [-0.2, 0) is 0 Å². The van der Waals surface area contributed by atoms with Gasteiger partial charge in [0.05, 0.1) is 7.11 Å². The van der Waals surface area contributed by atoms with Gasteiger partial charge in [-0.3, -0.25) is 0 Å². The quantitative estimate of drug-likeness (QED) is 0.858. The molecule has 98 valence electrons. The van der Waals surface area contributed by atoms with Crippen molar-refractivity contribution in [3.63, 3.8) is 0 Å². The van der Waals surface area contributed by atoms with E-state index in [-0.39, 0.29) is 0 Å². The molecule has 0 aromatic heterocycles. The van der Waals surface area contributed by atoms with Crippen molar-refractivity contribution in [2.45, 2.75) is 32.2 Å². The second-order valence-corrected chi connectivity index (χ2v) is 5.80. The first-order chi connectivity index (χ1) is 8.81. The molecule has 2 saturated carbocycles. The van der Waals surface area contributed by atoms with Crippen LogP contribution in [0.4, 0.5) is 0 Å². The van der Waals surface area contributed by atoms with Crippen molar-refractivity contribution < 1.29 is 4.74 Å². The van der Waals surface area contributed by atoms with Crippen LogP contribution < -0.4 is 10.1 Å². The number of benzene rings is 1. The van der Waals surface area contributed by atoms with Crippen LogP contribution >= 0.6 is 0 Å². The molecular formula is C16H23NO. The molecule has 0 amide bonds. The minimum atomic E-state index is 0.536. The fourth-order valence-electron chi connectivity index (χ4n) is 3.62. The SMILES string of the molecule is CCNC(c1ccc(OC)cc1)C1CC2CC2C1. The molecule has 3 unspecified atom stereocenters. The number of rotatable bonds is 5. The summed E-state index contributed by atoms with van der Waals surface area (Å²) in [4.78, 5) is 0. The van der Waals surface area contributed by atoms with E-state index in [1.807, 2.05) is 0 Å². The number of nitrogens with one attached hydrogen (secondary N) is 1. The van der Waals surface area contributed by atoms with Gasteiger partial charge in [0.1, 0.15) is 5.75 Å². The number of fused-ring (bicyclic) bond motifs is 1. The summed E-state index contributed by atoms with van der Waals surface area (Å²) in [6.07, 6.45) is 4.35. The molecule has 18 heavy (non-hydrogen) atoms. The van der Waals surface area contributed by atoms with E-state index in [1.54, 1.807) is 7.11 Å². The summed E-state index contributed by atoms with van der Waals surface area (Å²) in [5, 5.41) is 3.68. The lowest BCUT2D eigenvalue weighted by atomic mass is 9.89. The van der Waals surface area contributed by atoms with E-state index in [0.29, 0.717) is 6.04 Å². The highest BCUT2D eigenvalue weighted by molar-refractivity contribution is 5.30. The third kappa shape index (κ3) is 2.26. The zero-order valence-corrected chi connectivity index (χ0v) is 11.4. The molecule has 0 radical (unpaired) electrons. The van der Waals surface area contributed by atoms with Crippen molar-refractivity contribution >= 4 is 0 Å². The number of ether oxygens (including phenoxy) is 1. The van der Waals surface area contributed by atoms with Crippen LogP contribution in [0.1, 0.15) is 37.8 Å². The Hall–Kier alpha value is -1.02. The van der Waals surface area contributed by atoms with E-state index >= 15 is 0 Å². The summed E-state index contributed by atoms with van der Waals surface area (Å²) < 4.78 is 5.24. The lowest BCUT2D eigenvalue weighted by molar-refractivity contribution is 0.346. The molecule has 1 aromatic carbocycles. The van der Waals surface area contributed by atoms with Crippen LogP contribution in [-0.4, -0.2) is 13.7 Å². The normalized spacial score (nSPS) is 30.9. The van der Waals surface area contributed by atoms with Crippen LogP contribution in [0.15, 0.2) is 24.3 Å². The summed E-state index contributed by atoms with van der Waals surface area (Å²) >= 11 is 0. The average Bonchev–Trinajstić information content (AvgIpc) is 3.03. The molecule has 2 nitrogen and oxygen atoms in total. The summed E-state index contributed by atoms with van der Waals surface area (Å²) in [6, 6.07) is 9.13. The second-order valence-electron chi connectivity index (χ2n) is 5.80. The molecule has 2 aliphatic rings. The van der Waals surface area contributed by atoms with Gasteiger partial charge in [0, 0.05) is 6.04 Å². The van der Waals surface area contributed by atoms with Gasteiger partial charge in [0.25, 0.3) is 0 Å². The van der Waals surface area contributed by atoms with E-state index in [9.17, 15) is 0 Å². The van der Waals surface area contributed by atoms with E-state index in [1.165, 1.54) is 24.8 Å². The van der Waals surface area contributed by atoms with E-state index in [0.717, 1.165) is 30.0 Å². The Morgan fingerprint density at radius 3 is 2.39 bits per heavy atom. The van der Waals surface area contributed by atoms with Crippen molar-refractivity contribution in [1.82, 2.24) is 5.32 Å². The van der Waals surface area contributed by atoms with Crippen LogP contribution in [0, 0.1) is 17.8 Å². The van der Waals surface area contributed by atoms with Gasteiger partial charge in [-0.25, -0.2) is 0 Å². The van der Waals surface area contributed by atoms with E-state index in [4.69, 9.17) is 4.74 Å². The van der Waals surface area contributed by atoms with E-state index < -0.39 is 0 Å². The number of hydrogen-bond acceptors (Lipinski definition) is 2. The van der Waals surface area contributed by atoms with Crippen molar-refractivity contribution in [2.24, 2.45) is 17.8 Å². The predicted octanol–water partition coefficient (Wildman–Crippen LogP) is 3.39. The van der Waals surface area contributed by atoms with Gasteiger partial charge in [-0.1, -0.05) is 19.1 Å². The van der Waals surface area contributed by atoms with Crippen molar-refractivity contribution in [2.75, 3.05) is 13.7 Å². The third-order valence-corrected chi connectivity index (χ3v) is 4.65. The summed E-state index contributed by atoms with van der Waals surface area (Å²) in [5.41, 5.74) is 1.42. The summed E-state index contributed by atoms with van der Waals surface area (Å²) in [7, 11) is 1.72. The molecule has 0 aliphatic heterocycles. The minimum Gasteiger partial charge on any atom is -0.497 e. The van der Waals surface area contributed by atoms with Gasteiger partial charge >= 0.3 is 0 Å². The molecule has 1 aromatic rings. The molecule has 0 saturated heterocycles. The molecule has 3 rings (SSSR count). The van der Waals surface area contributed by atoms with Crippen LogP contribution in [0.5, 0.6) is 5.75 Å². The van der Waals surface area contributed by atoms with Gasteiger partial charge in [-0.15, -0.1) is 0 Å². The highest BCUT2D eigenvalue weighted by atomic mass is 16.5. The highest BCUT2D eigenvalue weighted by Gasteiger charge is 2.47. The van der Waals surface area contributed by atoms with Crippen LogP contribution in [0.25, 0.3) is 0 Å². The maximum Gasteiger partial charge on any atom is 0.118 e. The average molecular weight is 245 g/mol. The standard InChI is InChI=1S/C16H23NO/c1-3-17-16(14-9-12-8-13(12)10-14)11-4-6-15(18-2)7-5-11/h4-7,12-14,16-17H,3,8-10H2,1-2H3. The van der Waals surface area contributed by atoms with Crippen molar-refractivity contribution in [1.29, 1.82) is 0 Å². The lowest BCUT2D eigenvalue weighted by Gasteiger charge is -2.26. The molecule has 0 bridgehead atoms. The summed E-state index contributed by atoms with van der Waals surface area (Å²) in [6.45, 7) is 3.24. The summed E-state index contributed by atoms with van der Waals surface area (Å²) in [5.74, 6) is 3.88. The Bertz CT molecular complexity index is 390. The Morgan fingerprint density at radius 2 is 1.83 bits per heavy atom. The number of methoxy groups -OCH3 is 1. The third-order valence-electron chi connectivity index (χ3n) is 4.65. The maximum absolute atomic E-state index is 5.24. The smallest absolute Gasteiger partial charge is 0.118 e. The van der Waals surface area contributed by atoms with Gasteiger partial charge in [0.15, 0.2) is 0 Å². The van der Waals surface area contributed by atoms with Gasteiger partial charge in [-0.05, 0) is 61.3 Å². The van der Waals surface area contributed by atoms with Gasteiger partial charge in [-0.2, -0.15) is 0 Å². The highest BCUT2D eigenvalue weighted by Crippen LogP contribution is 2.57. The predicted molar refractivity (Wildman–Crippen MR) is 73.7 cm³/mol. The minimum absolute atomic E-state index is 0.536. The van der Waals surface area contributed by atoms with Crippen molar-refractivity contribution in [3.05, 3.63) is 29.8 Å². The number of hydrogen-bond donors (Lipinski definition) is 1. The van der Waals surface area contributed by atoms with Crippen LogP contribution in [0.2, 0.25) is 0 Å².